The Morgan fingerprint density at radius 2 is 2.08 bits per heavy atom. The highest BCUT2D eigenvalue weighted by atomic mass is 32.2. The number of sulfone groups is 1. The highest BCUT2D eigenvalue weighted by Gasteiger charge is 2.28. The molecule has 1 amide bonds. The lowest BCUT2D eigenvalue weighted by atomic mass is 10.0. The van der Waals surface area contributed by atoms with Gasteiger partial charge in [-0.15, -0.1) is 0 Å². The molecule has 0 radical (unpaired) electrons. The number of rotatable bonds is 6. The van der Waals surface area contributed by atoms with Crippen LogP contribution in [0.15, 0.2) is 41.8 Å². The molecule has 1 aromatic carbocycles. The molecule has 8 heteroatoms. The molecule has 0 bridgehead atoms. The van der Waals surface area contributed by atoms with Gasteiger partial charge in [0, 0.05) is 24.1 Å². The van der Waals surface area contributed by atoms with E-state index in [9.17, 15) is 13.2 Å². The van der Waals surface area contributed by atoms with Gasteiger partial charge in [-0.2, -0.15) is 0 Å². The molecule has 1 saturated heterocycles. The topological polar surface area (TPSA) is 81.1 Å². The Morgan fingerprint density at radius 3 is 2.69 bits per heavy atom. The molecule has 6 nitrogen and oxygen atoms in total. The number of nitrogens with zero attached hydrogens (tertiary/aromatic N) is 2. The van der Waals surface area contributed by atoms with Crippen molar-refractivity contribution >= 4 is 27.5 Å². The van der Waals surface area contributed by atoms with E-state index in [4.69, 9.17) is 0 Å². The van der Waals surface area contributed by atoms with Gasteiger partial charge >= 0.3 is 0 Å². The maximum absolute atomic E-state index is 12.1. The summed E-state index contributed by atoms with van der Waals surface area (Å²) in [4.78, 5) is 16.4. The quantitative estimate of drug-likeness (QED) is 0.762. The first kappa shape index (κ1) is 19.0. The van der Waals surface area contributed by atoms with E-state index in [0.29, 0.717) is 12.3 Å². The lowest BCUT2D eigenvalue weighted by Gasteiger charge is -2.12. The van der Waals surface area contributed by atoms with Gasteiger partial charge in [-0.1, -0.05) is 37.7 Å². The summed E-state index contributed by atoms with van der Waals surface area (Å²) in [5.74, 6) is 0.713. The van der Waals surface area contributed by atoms with Gasteiger partial charge < -0.3 is 5.32 Å². The minimum atomic E-state index is -2.99. The molecule has 0 saturated carbocycles. The molecule has 3 rings (SSSR count). The van der Waals surface area contributed by atoms with Gasteiger partial charge in [0.1, 0.15) is 0 Å². The number of benzene rings is 1. The predicted octanol–water partition coefficient (Wildman–Crippen LogP) is 2.39. The van der Waals surface area contributed by atoms with Crippen LogP contribution in [0.3, 0.4) is 0 Å². The van der Waals surface area contributed by atoms with Gasteiger partial charge in [0.05, 0.1) is 17.3 Å². The summed E-state index contributed by atoms with van der Waals surface area (Å²) in [6, 6.07) is 8.02. The Kier molecular flexibility index (Phi) is 5.72. The van der Waals surface area contributed by atoms with Gasteiger partial charge in [0.15, 0.2) is 15.0 Å². The summed E-state index contributed by atoms with van der Waals surface area (Å²) in [5, 5.41) is 3.53. The van der Waals surface area contributed by atoms with Crippen molar-refractivity contribution in [3.63, 3.8) is 0 Å². The summed E-state index contributed by atoms with van der Waals surface area (Å²) in [6.07, 6.45) is 4.07. The molecular weight excluding hydrogens is 370 g/mol. The summed E-state index contributed by atoms with van der Waals surface area (Å²) in [7, 11) is -2.99. The van der Waals surface area contributed by atoms with Crippen LogP contribution in [0.2, 0.25) is 0 Å². The first-order chi connectivity index (χ1) is 12.3. The number of carbonyl (C=O) groups is 1. The van der Waals surface area contributed by atoms with Crippen LogP contribution in [0.25, 0.3) is 5.69 Å². The molecule has 2 heterocycles. The zero-order valence-electron chi connectivity index (χ0n) is 14.9. The zero-order valence-corrected chi connectivity index (χ0v) is 16.5. The number of carbonyl (C=O) groups excluding carboxylic acids is 1. The highest BCUT2D eigenvalue weighted by Crippen LogP contribution is 2.22. The van der Waals surface area contributed by atoms with Crippen molar-refractivity contribution in [2.24, 2.45) is 0 Å². The van der Waals surface area contributed by atoms with Crippen LogP contribution in [0, 0.1) is 0 Å². The SMILES string of the molecule is CC(C)c1ccc(-n2ccnc2SCC(=O)N[C@@H]2CCS(=O)(=O)C2)cc1. The van der Waals surface area contributed by atoms with E-state index in [1.54, 1.807) is 6.20 Å². The summed E-state index contributed by atoms with van der Waals surface area (Å²) in [5.41, 5.74) is 2.27. The van der Waals surface area contributed by atoms with Crippen LogP contribution < -0.4 is 5.32 Å². The number of nitrogens with one attached hydrogen (secondary N) is 1. The number of hydrogen-bond acceptors (Lipinski definition) is 5. The number of amides is 1. The monoisotopic (exact) mass is 393 g/mol. The fraction of sp³-hybridized carbons (Fsp3) is 0.444. The van der Waals surface area contributed by atoms with Gasteiger partial charge in [-0.25, -0.2) is 13.4 Å². The average Bonchev–Trinajstić information content (AvgIpc) is 3.19. The van der Waals surface area contributed by atoms with E-state index in [-0.39, 0.29) is 29.2 Å². The van der Waals surface area contributed by atoms with Crippen LogP contribution in [0.5, 0.6) is 0 Å². The molecule has 1 aliphatic heterocycles. The van der Waals surface area contributed by atoms with Gasteiger partial charge in [0.2, 0.25) is 5.91 Å². The Hall–Kier alpha value is -1.80. The molecule has 2 aromatic rings. The molecule has 0 spiro atoms. The molecule has 1 N–H and O–H groups in total. The van der Waals surface area contributed by atoms with Crippen molar-refractivity contribution in [1.82, 2.24) is 14.9 Å². The Bertz CT molecular complexity index is 873. The molecule has 0 unspecified atom stereocenters. The third kappa shape index (κ3) is 4.67. The van der Waals surface area contributed by atoms with Crippen LogP contribution in [-0.2, 0) is 14.6 Å². The van der Waals surface area contributed by atoms with E-state index in [1.165, 1.54) is 17.3 Å². The Balaban J connectivity index is 1.59. The third-order valence-electron chi connectivity index (χ3n) is 4.37. The Labute approximate surface area is 158 Å². The second kappa shape index (κ2) is 7.84. The maximum atomic E-state index is 12.1. The van der Waals surface area contributed by atoms with Crippen LogP contribution in [-0.4, -0.2) is 47.2 Å². The van der Waals surface area contributed by atoms with Crippen molar-refractivity contribution in [2.45, 2.75) is 37.4 Å². The average molecular weight is 394 g/mol. The fourth-order valence-corrected chi connectivity index (χ4v) is 5.38. The van der Waals surface area contributed by atoms with E-state index < -0.39 is 9.84 Å². The Morgan fingerprint density at radius 1 is 1.35 bits per heavy atom. The van der Waals surface area contributed by atoms with Crippen molar-refractivity contribution < 1.29 is 13.2 Å². The molecular formula is C18H23N3O3S2. The maximum Gasteiger partial charge on any atom is 0.230 e. The van der Waals surface area contributed by atoms with Gasteiger partial charge in [-0.05, 0) is 30.0 Å². The smallest absolute Gasteiger partial charge is 0.230 e. The molecule has 1 aromatic heterocycles. The van der Waals surface area contributed by atoms with Crippen LogP contribution in [0.1, 0.15) is 31.7 Å². The molecule has 1 aliphatic rings. The van der Waals surface area contributed by atoms with Crippen molar-refractivity contribution in [3.05, 3.63) is 42.2 Å². The lowest BCUT2D eigenvalue weighted by Crippen LogP contribution is -2.36. The van der Waals surface area contributed by atoms with Crippen LogP contribution >= 0.6 is 11.8 Å². The van der Waals surface area contributed by atoms with E-state index >= 15 is 0 Å². The normalized spacial score (nSPS) is 19.0. The fourth-order valence-electron chi connectivity index (χ4n) is 2.92. The van der Waals surface area contributed by atoms with Gasteiger partial charge in [-0.3, -0.25) is 9.36 Å². The van der Waals surface area contributed by atoms with Crippen molar-refractivity contribution in [1.29, 1.82) is 0 Å². The lowest BCUT2D eigenvalue weighted by molar-refractivity contribution is -0.119. The second-order valence-corrected chi connectivity index (χ2v) is 9.95. The number of imidazole rings is 1. The molecule has 140 valence electrons. The van der Waals surface area contributed by atoms with Crippen LogP contribution in [0.4, 0.5) is 0 Å². The van der Waals surface area contributed by atoms with Gasteiger partial charge in [0.25, 0.3) is 0 Å². The third-order valence-corrected chi connectivity index (χ3v) is 7.11. The van der Waals surface area contributed by atoms with E-state index in [1.807, 2.05) is 22.9 Å². The molecule has 0 aliphatic carbocycles. The minimum absolute atomic E-state index is 0.0419. The van der Waals surface area contributed by atoms with E-state index in [0.717, 1.165) is 10.8 Å². The molecule has 1 atom stereocenters. The summed E-state index contributed by atoms with van der Waals surface area (Å²) in [6.45, 7) is 4.31. The zero-order chi connectivity index (χ0) is 18.7. The largest absolute Gasteiger partial charge is 0.352 e. The molecule has 26 heavy (non-hydrogen) atoms. The minimum Gasteiger partial charge on any atom is -0.352 e. The van der Waals surface area contributed by atoms with Crippen molar-refractivity contribution in [3.8, 4) is 5.69 Å². The predicted molar refractivity (Wildman–Crippen MR) is 104 cm³/mol. The molecule has 1 fully saturated rings. The number of thioether (sulfide) groups is 1. The summed E-state index contributed by atoms with van der Waals surface area (Å²) < 4.78 is 24.9. The summed E-state index contributed by atoms with van der Waals surface area (Å²) >= 11 is 1.34. The van der Waals surface area contributed by atoms with Crippen molar-refractivity contribution in [2.75, 3.05) is 17.3 Å². The number of aromatic nitrogens is 2. The first-order valence-corrected chi connectivity index (χ1v) is 11.4. The standard InChI is InChI=1S/C18H23N3O3S2/c1-13(2)14-3-5-16(6-4-14)21-9-8-19-18(21)25-11-17(22)20-15-7-10-26(23,24)12-15/h3-6,8-9,13,15H,7,10-12H2,1-2H3,(H,20,22)/t15-/m1/s1. The number of hydrogen-bond donors (Lipinski definition) is 1. The second-order valence-electron chi connectivity index (χ2n) is 6.78. The first-order valence-electron chi connectivity index (χ1n) is 8.60. The van der Waals surface area contributed by atoms with E-state index in [2.05, 4.69) is 36.3 Å². The highest BCUT2D eigenvalue weighted by molar-refractivity contribution is 7.99.